The second-order valence-electron chi connectivity index (χ2n) is 6.20. The maximum absolute atomic E-state index is 11.4. The maximum atomic E-state index is 11.4. The van der Waals surface area contributed by atoms with Crippen LogP contribution < -0.4 is 0 Å². The maximum Gasteiger partial charge on any atom is 0.339 e. The molecule has 0 rings (SSSR count). The topological polar surface area (TPSA) is 274 Å². The van der Waals surface area contributed by atoms with E-state index in [1.807, 2.05) is 0 Å². The van der Waals surface area contributed by atoms with E-state index in [0.29, 0.717) is 9.80 Å². The lowest BCUT2D eigenvalue weighted by molar-refractivity contribution is -0.143. The molecule has 174 valence electrons. The molecule has 0 radical (unpaired) electrons. The molecule has 0 bridgehead atoms. The van der Waals surface area contributed by atoms with Gasteiger partial charge in [-0.2, -0.15) is 0 Å². The first-order chi connectivity index (χ1) is 12.7. The van der Waals surface area contributed by atoms with Gasteiger partial charge in [-0.15, -0.1) is 0 Å². The number of carboxylic acid groups (broad SMARTS) is 1. The molecule has 0 aromatic carbocycles. The molecule has 0 amide bonds. The van der Waals surface area contributed by atoms with Gasteiger partial charge in [0.25, 0.3) is 0 Å². The number of nitrogens with zero attached hydrogens (tertiary/aromatic N) is 2. The molecule has 0 aromatic heterocycles. The summed E-state index contributed by atoms with van der Waals surface area (Å²) >= 11 is 0. The zero-order valence-corrected chi connectivity index (χ0v) is 18.4. The molecule has 0 heterocycles. The summed E-state index contributed by atoms with van der Waals surface area (Å²) in [6.45, 7) is -0.417. The van der Waals surface area contributed by atoms with E-state index in [1.54, 1.807) is 0 Å². The van der Waals surface area contributed by atoms with E-state index in [4.69, 9.17) is 39.1 Å². The van der Waals surface area contributed by atoms with Gasteiger partial charge in [0.1, 0.15) is 31.2 Å². The van der Waals surface area contributed by atoms with Crippen LogP contribution in [0.3, 0.4) is 0 Å². The summed E-state index contributed by atoms with van der Waals surface area (Å²) in [7, 11) is -19.2. The van der Waals surface area contributed by atoms with Crippen molar-refractivity contribution in [2.24, 2.45) is 0 Å². The van der Waals surface area contributed by atoms with Crippen molar-refractivity contribution in [2.45, 2.75) is 18.9 Å². The molecule has 29 heavy (non-hydrogen) atoms. The molecule has 0 unspecified atom stereocenters. The first-order valence-electron chi connectivity index (χ1n) is 7.56. The highest BCUT2D eigenvalue weighted by Crippen LogP contribution is 2.43. The second kappa shape index (κ2) is 11.0. The molecular weight excluding hydrogens is 484 g/mol. The van der Waals surface area contributed by atoms with Gasteiger partial charge in [0.05, 0.1) is 0 Å². The van der Waals surface area contributed by atoms with E-state index in [-0.39, 0.29) is 6.42 Å². The molecule has 1 atom stereocenters. The summed E-state index contributed by atoms with van der Waals surface area (Å²) in [6.07, 6.45) is -5.40. The van der Waals surface area contributed by atoms with Crippen molar-refractivity contribution in [2.75, 3.05) is 31.7 Å². The fourth-order valence-corrected chi connectivity index (χ4v) is 5.77. The fraction of sp³-hybridized carbons (Fsp3) is 0.889. The molecule has 0 spiro atoms. The first-order valence-corrected chi connectivity index (χ1v) is 14.7. The molecular formula is C9H24N2O14P4. The van der Waals surface area contributed by atoms with Crippen LogP contribution in [0.5, 0.6) is 0 Å². The number of hydrogen-bond donors (Lipinski definition) is 9. The summed E-state index contributed by atoms with van der Waals surface area (Å²) in [5.74, 6) is -1.68. The minimum absolute atomic E-state index is 0.282. The van der Waals surface area contributed by atoms with Gasteiger partial charge in [-0.25, -0.2) is 0 Å². The lowest BCUT2D eigenvalue weighted by atomic mass is 10.1. The smallest absolute Gasteiger partial charge is 0.339 e. The van der Waals surface area contributed by atoms with Crippen LogP contribution in [0.1, 0.15) is 12.8 Å². The molecule has 9 N–H and O–H groups in total. The van der Waals surface area contributed by atoms with E-state index >= 15 is 0 Å². The predicted molar refractivity (Wildman–Crippen MR) is 96.8 cm³/mol. The van der Waals surface area contributed by atoms with Crippen LogP contribution in [0.15, 0.2) is 0 Å². The van der Waals surface area contributed by atoms with Crippen molar-refractivity contribution in [3.63, 3.8) is 0 Å². The zero-order valence-electron chi connectivity index (χ0n) is 14.8. The third-order valence-corrected chi connectivity index (χ3v) is 6.18. The summed E-state index contributed by atoms with van der Waals surface area (Å²) in [6, 6.07) is -1.79. The van der Waals surface area contributed by atoms with Crippen molar-refractivity contribution in [3.05, 3.63) is 0 Å². The molecule has 0 fully saturated rings. The highest BCUT2D eigenvalue weighted by Gasteiger charge is 2.35. The molecule has 0 aliphatic carbocycles. The Morgan fingerprint density at radius 3 is 1.31 bits per heavy atom. The number of carboxylic acids is 1. The van der Waals surface area contributed by atoms with Crippen molar-refractivity contribution in [1.29, 1.82) is 0 Å². The predicted octanol–water partition coefficient (Wildman–Crippen LogP) is -1.64. The molecule has 0 aromatic rings. The van der Waals surface area contributed by atoms with Crippen molar-refractivity contribution in [3.8, 4) is 0 Å². The lowest BCUT2D eigenvalue weighted by Gasteiger charge is -2.30. The van der Waals surface area contributed by atoms with Crippen LogP contribution in [-0.2, 0) is 23.1 Å². The van der Waals surface area contributed by atoms with Crippen molar-refractivity contribution >= 4 is 36.4 Å². The molecule has 20 heteroatoms. The normalized spacial score (nSPS) is 15.1. The van der Waals surface area contributed by atoms with Crippen LogP contribution in [-0.4, -0.2) is 97.8 Å². The highest BCUT2D eigenvalue weighted by atomic mass is 31.2. The Morgan fingerprint density at radius 2 is 1.03 bits per heavy atom. The van der Waals surface area contributed by atoms with Gasteiger partial charge in [-0.3, -0.25) is 32.9 Å². The van der Waals surface area contributed by atoms with Gasteiger partial charge in [0, 0.05) is 0 Å². The largest absolute Gasteiger partial charge is 0.480 e. The number of carbonyl (C=O) groups is 1. The zero-order chi connectivity index (χ0) is 23.3. The van der Waals surface area contributed by atoms with Crippen molar-refractivity contribution < 1.29 is 67.3 Å². The second-order valence-corrected chi connectivity index (χ2v) is 12.7. The Bertz CT molecular complexity index is 687. The van der Waals surface area contributed by atoms with Crippen LogP contribution in [0.2, 0.25) is 0 Å². The van der Waals surface area contributed by atoms with E-state index in [0.717, 1.165) is 0 Å². The molecule has 0 aliphatic heterocycles. The lowest BCUT2D eigenvalue weighted by Crippen LogP contribution is -2.42. The van der Waals surface area contributed by atoms with Crippen LogP contribution in [0.25, 0.3) is 0 Å². The number of rotatable bonds is 14. The van der Waals surface area contributed by atoms with E-state index in [9.17, 15) is 28.2 Å². The monoisotopic (exact) mass is 508 g/mol. The fourth-order valence-electron chi connectivity index (χ4n) is 2.39. The van der Waals surface area contributed by atoms with E-state index in [1.165, 1.54) is 0 Å². The van der Waals surface area contributed by atoms with Gasteiger partial charge in [0.2, 0.25) is 0 Å². The van der Waals surface area contributed by atoms with Gasteiger partial charge in [-0.05, 0) is 19.4 Å². The number of hydrogen-bond acceptors (Lipinski definition) is 7. The third kappa shape index (κ3) is 16.4. The van der Waals surface area contributed by atoms with Crippen molar-refractivity contribution in [1.82, 2.24) is 9.80 Å². The first kappa shape index (κ1) is 29.0. The highest BCUT2D eigenvalue weighted by molar-refractivity contribution is 7.53. The average Bonchev–Trinajstić information content (AvgIpc) is 2.34. The molecule has 16 nitrogen and oxygen atoms in total. The van der Waals surface area contributed by atoms with Gasteiger partial charge in [0.15, 0.2) is 0 Å². The number of aliphatic carboxylic acids is 1. The van der Waals surface area contributed by atoms with Gasteiger partial charge in [-0.1, -0.05) is 0 Å². The summed E-state index contributed by atoms with van der Waals surface area (Å²) in [4.78, 5) is 84.5. The third-order valence-electron chi connectivity index (χ3n) is 3.18. The summed E-state index contributed by atoms with van der Waals surface area (Å²) < 4.78 is 44.5. The standard InChI is InChI=1S/C9H24N2O14P4/c12-9(13)8(11(6-28(20,21)22)7-29(23,24)25)2-1-3-10(4-26(14,15)16)5-27(17,18)19/h8H,1-7H2,(H,12,13)(H2,14,15,16)(H2,17,18,19)(H2,20,21,22)(H2,23,24,25)/t8-/m0/s1. The Balaban J connectivity index is 5.34. The summed E-state index contributed by atoms with van der Waals surface area (Å²) in [5.41, 5.74) is 0. The Labute approximate surface area is 164 Å². The minimum Gasteiger partial charge on any atom is -0.480 e. The Kier molecular flexibility index (Phi) is 11.0. The van der Waals surface area contributed by atoms with Gasteiger partial charge >= 0.3 is 36.4 Å². The van der Waals surface area contributed by atoms with Crippen LogP contribution >= 0.6 is 30.4 Å². The van der Waals surface area contributed by atoms with Crippen LogP contribution in [0, 0.1) is 0 Å². The molecule has 0 aliphatic rings. The molecule has 0 saturated heterocycles. The minimum atomic E-state index is -4.91. The van der Waals surface area contributed by atoms with E-state index in [2.05, 4.69) is 0 Å². The summed E-state index contributed by atoms with van der Waals surface area (Å²) in [5, 5.41) is 9.27. The SMILES string of the molecule is O=C(O)[C@H](CCCN(CP(=O)(O)O)CP(=O)(O)O)N(CP(=O)(O)O)CP(=O)(O)O. The molecule has 0 saturated carbocycles. The quantitative estimate of drug-likeness (QED) is 0.119. The average molecular weight is 508 g/mol. The van der Waals surface area contributed by atoms with E-state index < -0.39 is 80.5 Å². The van der Waals surface area contributed by atoms with Gasteiger partial charge < -0.3 is 44.3 Å². The Hall–Kier alpha value is -0.0100. The van der Waals surface area contributed by atoms with Crippen LogP contribution in [0.4, 0.5) is 0 Å². The Morgan fingerprint density at radius 1 is 0.690 bits per heavy atom.